The summed E-state index contributed by atoms with van der Waals surface area (Å²) >= 11 is 0. The van der Waals surface area contributed by atoms with E-state index in [2.05, 4.69) is 44.2 Å². The van der Waals surface area contributed by atoms with E-state index in [1.165, 1.54) is 0 Å². The van der Waals surface area contributed by atoms with E-state index in [1.54, 1.807) is 24.9 Å². The summed E-state index contributed by atoms with van der Waals surface area (Å²) in [4.78, 5) is 17.3. The molecule has 0 spiro atoms. The Balaban J connectivity index is 1.27. The molecule has 0 aliphatic rings. The van der Waals surface area contributed by atoms with Crippen molar-refractivity contribution in [3.8, 4) is 39.7 Å². The number of nitrogens with zero attached hydrogens (tertiary/aromatic N) is 4. The van der Waals surface area contributed by atoms with Crippen molar-refractivity contribution in [2.75, 3.05) is 0 Å². The number of pyridine rings is 2. The van der Waals surface area contributed by atoms with Gasteiger partial charge in [-0.1, -0.05) is 30.3 Å². The number of rotatable bonds is 6. The highest BCUT2D eigenvalue weighted by Gasteiger charge is 2.18. The van der Waals surface area contributed by atoms with Gasteiger partial charge in [0.25, 0.3) is 0 Å². The van der Waals surface area contributed by atoms with Gasteiger partial charge in [0.2, 0.25) is 0 Å². The minimum absolute atomic E-state index is 0.484. The molecule has 0 bridgehead atoms. The molecule has 7 rings (SSSR count). The molecule has 0 aliphatic carbocycles. The highest BCUT2D eigenvalue weighted by molar-refractivity contribution is 5.98. The summed E-state index contributed by atoms with van der Waals surface area (Å²) in [5.74, 6) is 1.38. The van der Waals surface area contributed by atoms with Crippen LogP contribution in [-0.4, -0.2) is 30.1 Å². The van der Waals surface area contributed by atoms with Crippen LogP contribution in [-0.2, 0) is 6.61 Å². The Hall–Kier alpha value is -5.24. The maximum absolute atomic E-state index is 6.03. The molecule has 0 amide bonds. The first kappa shape index (κ1) is 22.0. The zero-order valence-corrected chi connectivity index (χ0v) is 20.5. The van der Waals surface area contributed by atoms with E-state index in [0.29, 0.717) is 12.4 Å². The van der Waals surface area contributed by atoms with Gasteiger partial charge in [-0.2, -0.15) is 5.10 Å². The summed E-state index contributed by atoms with van der Waals surface area (Å²) < 4.78 is 11.3. The Labute approximate surface area is 217 Å². The normalized spacial score (nSPS) is 11.4. The van der Waals surface area contributed by atoms with Crippen LogP contribution in [0.2, 0.25) is 0 Å². The number of furan rings is 1. The maximum atomic E-state index is 6.03. The van der Waals surface area contributed by atoms with Crippen molar-refractivity contribution in [2.24, 2.45) is 0 Å². The second kappa shape index (κ2) is 9.01. The summed E-state index contributed by atoms with van der Waals surface area (Å²) in [6, 6.07) is 20.1. The molecule has 0 saturated heterocycles. The Kier molecular flexibility index (Phi) is 5.21. The topological polar surface area (TPSA) is 106 Å². The molecular formula is C30H22N6O2. The van der Waals surface area contributed by atoms with Crippen LogP contribution in [0.1, 0.15) is 11.1 Å². The molecule has 8 heteroatoms. The fraction of sp³-hybridized carbons (Fsp3) is 0.0667. The number of nitrogens with one attached hydrogen (secondary N) is 2. The van der Waals surface area contributed by atoms with Gasteiger partial charge < -0.3 is 14.1 Å². The van der Waals surface area contributed by atoms with Gasteiger partial charge in [0.1, 0.15) is 29.3 Å². The number of fused-ring (bicyclic) bond motifs is 2. The van der Waals surface area contributed by atoms with Gasteiger partial charge in [-0.25, -0.2) is 4.98 Å². The molecule has 184 valence electrons. The fourth-order valence-corrected chi connectivity index (χ4v) is 4.71. The molecule has 2 N–H and O–H groups in total. The van der Waals surface area contributed by atoms with Crippen LogP contribution in [0.5, 0.6) is 5.75 Å². The lowest BCUT2D eigenvalue weighted by atomic mass is 9.99. The molecule has 0 unspecified atom stereocenters. The molecular weight excluding hydrogens is 476 g/mol. The van der Waals surface area contributed by atoms with Gasteiger partial charge in [-0.15, -0.1) is 0 Å². The molecule has 38 heavy (non-hydrogen) atoms. The molecule has 5 heterocycles. The lowest BCUT2D eigenvalue weighted by Crippen LogP contribution is -1.96. The average Bonchev–Trinajstić information content (AvgIpc) is 3.71. The standard InChI is InChI=1S/C30H22N6O2/c1-18-11-26-24(13-23(18)21-12-22(15-31-14-21)38-16-19-5-3-2-4-6-19)28(36-35-26)30-33-25-7-9-32-27(29(25)34-30)20-8-10-37-17-20/h2-15,17H,16H2,1H3,(H,33,34)(H,35,36). The Morgan fingerprint density at radius 1 is 0.921 bits per heavy atom. The van der Waals surface area contributed by atoms with Gasteiger partial charge >= 0.3 is 0 Å². The van der Waals surface area contributed by atoms with E-state index in [1.807, 2.05) is 54.7 Å². The van der Waals surface area contributed by atoms with Gasteiger partial charge in [0, 0.05) is 28.9 Å². The summed E-state index contributed by atoms with van der Waals surface area (Å²) in [7, 11) is 0. The van der Waals surface area contributed by atoms with Crippen LogP contribution in [0.15, 0.2) is 96.2 Å². The van der Waals surface area contributed by atoms with Crippen molar-refractivity contribution in [2.45, 2.75) is 13.5 Å². The zero-order valence-electron chi connectivity index (χ0n) is 20.5. The number of imidazole rings is 1. The second-order valence-corrected chi connectivity index (χ2v) is 9.12. The van der Waals surface area contributed by atoms with Crippen molar-refractivity contribution in [1.29, 1.82) is 0 Å². The number of hydrogen-bond acceptors (Lipinski definition) is 6. The zero-order chi connectivity index (χ0) is 25.5. The quantitative estimate of drug-likeness (QED) is 0.264. The van der Waals surface area contributed by atoms with Crippen molar-refractivity contribution in [1.82, 2.24) is 30.1 Å². The molecule has 0 fully saturated rings. The highest BCUT2D eigenvalue weighted by atomic mass is 16.5. The predicted octanol–water partition coefficient (Wildman–Crippen LogP) is 6.71. The fourth-order valence-electron chi connectivity index (χ4n) is 4.71. The Morgan fingerprint density at radius 2 is 1.84 bits per heavy atom. The lowest BCUT2D eigenvalue weighted by Gasteiger charge is -2.10. The first-order chi connectivity index (χ1) is 18.7. The van der Waals surface area contributed by atoms with Crippen LogP contribution in [0.25, 0.3) is 55.8 Å². The summed E-state index contributed by atoms with van der Waals surface area (Å²) in [5, 5.41) is 8.73. The molecule has 2 aromatic carbocycles. The van der Waals surface area contributed by atoms with Crippen LogP contribution in [0.4, 0.5) is 0 Å². The van der Waals surface area contributed by atoms with E-state index in [0.717, 1.165) is 66.9 Å². The van der Waals surface area contributed by atoms with Gasteiger partial charge in [-0.05, 0) is 53.9 Å². The van der Waals surface area contributed by atoms with E-state index < -0.39 is 0 Å². The number of ether oxygens (including phenoxy) is 1. The number of H-pyrrole nitrogens is 2. The molecule has 0 radical (unpaired) electrons. The van der Waals surface area contributed by atoms with Crippen LogP contribution < -0.4 is 4.74 Å². The third kappa shape index (κ3) is 3.88. The molecule has 5 aromatic heterocycles. The first-order valence-corrected chi connectivity index (χ1v) is 12.2. The van der Waals surface area contributed by atoms with Crippen LogP contribution in [0, 0.1) is 6.92 Å². The predicted molar refractivity (Wildman–Crippen MR) is 145 cm³/mol. The van der Waals surface area contributed by atoms with Crippen LogP contribution in [0.3, 0.4) is 0 Å². The van der Waals surface area contributed by atoms with E-state index >= 15 is 0 Å². The average molecular weight is 499 g/mol. The summed E-state index contributed by atoms with van der Waals surface area (Å²) in [6.45, 7) is 2.56. The molecule has 0 saturated carbocycles. The smallest absolute Gasteiger partial charge is 0.159 e. The van der Waals surface area contributed by atoms with Crippen molar-refractivity contribution in [3.63, 3.8) is 0 Å². The van der Waals surface area contributed by atoms with Crippen molar-refractivity contribution >= 4 is 21.9 Å². The molecule has 8 nitrogen and oxygen atoms in total. The number of aromatic amines is 2. The third-order valence-electron chi connectivity index (χ3n) is 6.60. The van der Waals surface area contributed by atoms with Gasteiger partial charge in [0.05, 0.1) is 29.8 Å². The van der Waals surface area contributed by atoms with Gasteiger partial charge in [-0.3, -0.25) is 15.1 Å². The van der Waals surface area contributed by atoms with E-state index in [9.17, 15) is 0 Å². The minimum Gasteiger partial charge on any atom is -0.487 e. The summed E-state index contributed by atoms with van der Waals surface area (Å²) in [6.07, 6.45) is 8.65. The largest absolute Gasteiger partial charge is 0.487 e. The minimum atomic E-state index is 0.484. The number of aryl methyl sites for hydroxylation is 1. The Bertz CT molecular complexity index is 1890. The second-order valence-electron chi connectivity index (χ2n) is 9.12. The SMILES string of the molecule is Cc1cc2[nH]nc(-c3nc4c(-c5ccoc5)nccc4[nH]3)c2cc1-c1cncc(OCc2ccccc2)c1. The van der Waals surface area contributed by atoms with E-state index in [-0.39, 0.29) is 0 Å². The lowest BCUT2D eigenvalue weighted by molar-refractivity contribution is 0.305. The molecule has 0 aliphatic heterocycles. The van der Waals surface area contributed by atoms with Crippen molar-refractivity contribution < 1.29 is 9.15 Å². The monoisotopic (exact) mass is 498 g/mol. The number of aromatic nitrogens is 6. The third-order valence-corrected chi connectivity index (χ3v) is 6.60. The van der Waals surface area contributed by atoms with E-state index in [4.69, 9.17) is 14.1 Å². The summed E-state index contributed by atoms with van der Waals surface area (Å²) in [5.41, 5.74) is 9.17. The van der Waals surface area contributed by atoms with Crippen LogP contribution >= 0.6 is 0 Å². The molecule has 0 atom stereocenters. The number of hydrogen-bond donors (Lipinski definition) is 2. The Morgan fingerprint density at radius 3 is 2.71 bits per heavy atom. The first-order valence-electron chi connectivity index (χ1n) is 12.2. The molecule has 7 aromatic rings. The highest BCUT2D eigenvalue weighted by Crippen LogP contribution is 2.34. The number of benzene rings is 2. The maximum Gasteiger partial charge on any atom is 0.159 e. The van der Waals surface area contributed by atoms with Crippen molar-refractivity contribution in [3.05, 3.63) is 103 Å². The van der Waals surface area contributed by atoms with Gasteiger partial charge in [0.15, 0.2) is 5.82 Å².